The zero-order valence-corrected chi connectivity index (χ0v) is 10.4. The molecule has 1 aromatic carbocycles. The first-order chi connectivity index (χ1) is 8.69. The molecule has 1 aromatic rings. The van der Waals surface area contributed by atoms with Crippen LogP contribution in [0.1, 0.15) is 5.56 Å². The van der Waals surface area contributed by atoms with Gasteiger partial charge in [-0.05, 0) is 18.2 Å². The summed E-state index contributed by atoms with van der Waals surface area (Å²) in [5.41, 5.74) is 0.803. The molecule has 1 saturated heterocycles. The molecule has 0 radical (unpaired) electrons. The van der Waals surface area contributed by atoms with Crippen LogP contribution in [-0.4, -0.2) is 39.5 Å². The van der Waals surface area contributed by atoms with Crippen LogP contribution < -0.4 is 4.90 Å². The summed E-state index contributed by atoms with van der Waals surface area (Å²) in [6.45, 7) is 1.31. The number of nitrogens with zero attached hydrogens (tertiary/aromatic N) is 2. The van der Waals surface area contributed by atoms with Crippen LogP contribution in [0.5, 0.6) is 0 Å². The van der Waals surface area contributed by atoms with Crippen LogP contribution in [0, 0.1) is 17.1 Å². The van der Waals surface area contributed by atoms with E-state index in [1.54, 1.807) is 20.3 Å². The number of benzene rings is 1. The maximum atomic E-state index is 13.6. The van der Waals surface area contributed by atoms with Gasteiger partial charge in [-0.1, -0.05) is 0 Å². The van der Waals surface area contributed by atoms with E-state index in [1.807, 2.05) is 11.0 Å². The number of rotatable bonds is 3. The summed E-state index contributed by atoms with van der Waals surface area (Å²) in [6.07, 6.45) is -0.0394. The van der Waals surface area contributed by atoms with Crippen LogP contribution in [0.15, 0.2) is 18.2 Å². The van der Waals surface area contributed by atoms with Gasteiger partial charge in [-0.25, -0.2) is 4.39 Å². The van der Waals surface area contributed by atoms with Gasteiger partial charge in [0.15, 0.2) is 0 Å². The minimum Gasteiger partial charge on any atom is -0.377 e. The molecule has 96 valence electrons. The van der Waals surface area contributed by atoms with E-state index in [2.05, 4.69) is 0 Å². The average Bonchev–Trinajstić information content (AvgIpc) is 2.81. The molecule has 1 aliphatic rings. The van der Waals surface area contributed by atoms with Crippen LogP contribution in [-0.2, 0) is 9.47 Å². The quantitative estimate of drug-likeness (QED) is 0.816. The second-order valence-corrected chi connectivity index (χ2v) is 4.23. The molecule has 2 atom stereocenters. The normalized spacial score (nSPS) is 23.1. The molecular weight excluding hydrogens is 235 g/mol. The fraction of sp³-hybridized carbons (Fsp3) is 0.462. The Kier molecular flexibility index (Phi) is 3.80. The number of ether oxygens (including phenoxy) is 2. The van der Waals surface area contributed by atoms with Crippen molar-refractivity contribution in [1.82, 2.24) is 0 Å². The predicted octanol–water partition coefficient (Wildman–Crippen LogP) is 1.55. The lowest BCUT2D eigenvalue weighted by Gasteiger charge is -2.18. The van der Waals surface area contributed by atoms with E-state index in [1.165, 1.54) is 12.1 Å². The standard InChI is InChI=1S/C13H15FN2O2/c1-17-12-7-16(8-13(12)18-2)10-4-3-9(6-15)11(14)5-10/h3-5,12-13H,7-8H2,1-2H3. The fourth-order valence-electron chi connectivity index (χ4n) is 2.20. The molecule has 5 heteroatoms. The van der Waals surface area contributed by atoms with Crippen molar-refractivity contribution in [2.75, 3.05) is 32.2 Å². The van der Waals surface area contributed by atoms with Crippen LogP contribution >= 0.6 is 0 Å². The third-order valence-electron chi connectivity index (χ3n) is 3.26. The highest BCUT2D eigenvalue weighted by Crippen LogP contribution is 2.25. The van der Waals surface area contributed by atoms with E-state index < -0.39 is 5.82 Å². The van der Waals surface area contributed by atoms with Gasteiger partial charge in [-0.2, -0.15) is 5.26 Å². The monoisotopic (exact) mass is 250 g/mol. The minimum atomic E-state index is -0.496. The van der Waals surface area contributed by atoms with Crippen molar-refractivity contribution in [2.45, 2.75) is 12.2 Å². The van der Waals surface area contributed by atoms with Crippen molar-refractivity contribution >= 4 is 5.69 Å². The summed E-state index contributed by atoms with van der Waals surface area (Å²) in [6, 6.07) is 6.42. The summed E-state index contributed by atoms with van der Waals surface area (Å²) in [4.78, 5) is 1.99. The summed E-state index contributed by atoms with van der Waals surface area (Å²) in [5.74, 6) is -0.496. The lowest BCUT2D eigenvalue weighted by molar-refractivity contribution is -0.00461. The largest absolute Gasteiger partial charge is 0.377 e. The first kappa shape index (κ1) is 12.8. The van der Waals surface area contributed by atoms with Crippen molar-refractivity contribution in [3.63, 3.8) is 0 Å². The van der Waals surface area contributed by atoms with Crippen molar-refractivity contribution < 1.29 is 13.9 Å². The highest BCUT2D eigenvalue weighted by molar-refractivity contribution is 5.51. The molecule has 1 aliphatic heterocycles. The van der Waals surface area contributed by atoms with Gasteiger partial charge in [0.1, 0.15) is 24.1 Å². The molecule has 0 N–H and O–H groups in total. The molecule has 2 unspecified atom stereocenters. The Morgan fingerprint density at radius 1 is 1.28 bits per heavy atom. The third kappa shape index (κ3) is 2.30. The van der Waals surface area contributed by atoms with Crippen molar-refractivity contribution in [1.29, 1.82) is 5.26 Å². The van der Waals surface area contributed by atoms with Gasteiger partial charge >= 0.3 is 0 Å². The zero-order valence-electron chi connectivity index (χ0n) is 10.4. The van der Waals surface area contributed by atoms with Crippen molar-refractivity contribution in [2.24, 2.45) is 0 Å². The molecular formula is C13H15FN2O2. The lowest BCUT2D eigenvalue weighted by Crippen LogP contribution is -2.27. The van der Waals surface area contributed by atoms with Crippen molar-refractivity contribution in [3.05, 3.63) is 29.6 Å². The Balaban J connectivity index is 2.19. The Labute approximate surface area is 106 Å². The number of methoxy groups -OCH3 is 2. The van der Waals surface area contributed by atoms with E-state index in [0.717, 1.165) is 5.69 Å². The smallest absolute Gasteiger partial charge is 0.143 e. The summed E-state index contributed by atoms with van der Waals surface area (Å²) >= 11 is 0. The Bertz CT molecular complexity index is 461. The number of nitriles is 1. The van der Waals surface area contributed by atoms with E-state index in [0.29, 0.717) is 13.1 Å². The van der Waals surface area contributed by atoms with E-state index in [-0.39, 0.29) is 17.8 Å². The van der Waals surface area contributed by atoms with Gasteiger partial charge in [0.2, 0.25) is 0 Å². The van der Waals surface area contributed by atoms with E-state index in [4.69, 9.17) is 14.7 Å². The summed E-state index contributed by atoms with van der Waals surface area (Å²) in [7, 11) is 3.28. The average molecular weight is 250 g/mol. The molecule has 0 spiro atoms. The summed E-state index contributed by atoms with van der Waals surface area (Å²) in [5, 5.41) is 8.69. The van der Waals surface area contributed by atoms with E-state index >= 15 is 0 Å². The second kappa shape index (κ2) is 5.34. The molecule has 0 amide bonds. The molecule has 18 heavy (non-hydrogen) atoms. The predicted molar refractivity (Wildman–Crippen MR) is 64.9 cm³/mol. The molecule has 2 rings (SSSR count). The Morgan fingerprint density at radius 2 is 1.89 bits per heavy atom. The molecule has 0 aliphatic carbocycles. The van der Waals surface area contributed by atoms with E-state index in [9.17, 15) is 4.39 Å². The second-order valence-electron chi connectivity index (χ2n) is 4.23. The topological polar surface area (TPSA) is 45.5 Å². The highest BCUT2D eigenvalue weighted by Gasteiger charge is 2.33. The molecule has 0 aromatic heterocycles. The van der Waals surface area contributed by atoms with Gasteiger partial charge in [-0.15, -0.1) is 0 Å². The van der Waals surface area contributed by atoms with Crippen LogP contribution in [0.2, 0.25) is 0 Å². The number of hydrogen-bond acceptors (Lipinski definition) is 4. The molecule has 0 bridgehead atoms. The van der Waals surface area contributed by atoms with Gasteiger partial charge in [0.05, 0.1) is 5.56 Å². The molecule has 1 fully saturated rings. The molecule has 1 heterocycles. The Hall–Kier alpha value is -1.64. The third-order valence-corrected chi connectivity index (χ3v) is 3.26. The van der Waals surface area contributed by atoms with Crippen LogP contribution in [0.4, 0.5) is 10.1 Å². The van der Waals surface area contributed by atoms with Crippen LogP contribution in [0.25, 0.3) is 0 Å². The summed E-state index contributed by atoms with van der Waals surface area (Å²) < 4.78 is 24.2. The molecule has 0 saturated carbocycles. The minimum absolute atomic E-state index is 0.0197. The van der Waals surface area contributed by atoms with Gasteiger partial charge in [-0.3, -0.25) is 0 Å². The van der Waals surface area contributed by atoms with Crippen LogP contribution in [0.3, 0.4) is 0 Å². The number of halogens is 1. The first-order valence-corrected chi connectivity index (χ1v) is 5.69. The lowest BCUT2D eigenvalue weighted by atomic mass is 10.2. The maximum Gasteiger partial charge on any atom is 0.143 e. The van der Waals surface area contributed by atoms with Gasteiger partial charge in [0.25, 0.3) is 0 Å². The number of hydrogen-bond donors (Lipinski definition) is 0. The maximum absolute atomic E-state index is 13.6. The first-order valence-electron chi connectivity index (χ1n) is 5.69. The Morgan fingerprint density at radius 3 is 2.33 bits per heavy atom. The SMILES string of the molecule is COC1CN(c2ccc(C#N)c(F)c2)CC1OC. The number of anilines is 1. The molecule has 4 nitrogen and oxygen atoms in total. The van der Waals surface area contributed by atoms with Gasteiger partial charge < -0.3 is 14.4 Å². The van der Waals surface area contributed by atoms with Gasteiger partial charge in [0, 0.05) is 33.0 Å². The van der Waals surface area contributed by atoms with Crippen molar-refractivity contribution in [3.8, 4) is 6.07 Å². The highest BCUT2D eigenvalue weighted by atomic mass is 19.1. The fourth-order valence-corrected chi connectivity index (χ4v) is 2.20. The zero-order chi connectivity index (χ0) is 13.1.